The molecule has 1 N–H and O–H groups in total. The first-order chi connectivity index (χ1) is 14.3. The first-order valence-corrected chi connectivity index (χ1v) is 10.7. The highest BCUT2D eigenvalue weighted by Gasteiger charge is 2.18. The van der Waals surface area contributed by atoms with E-state index in [1.54, 1.807) is 43.3 Å². The molecule has 154 valence electrons. The second kappa shape index (κ2) is 9.84. The van der Waals surface area contributed by atoms with E-state index < -0.39 is 5.97 Å². The highest BCUT2D eigenvalue weighted by molar-refractivity contribution is 9.10. The maximum Gasteiger partial charge on any atom is 0.345 e. The number of hydrogen-bond donors (Lipinski definition) is 1. The molecule has 8 heteroatoms. The van der Waals surface area contributed by atoms with E-state index >= 15 is 0 Å². The second-order valence-electron chi connectivity index (χ2n) is 6.39. The summed E-state index contributed by atoms with van der Waals surface area (Å²) in [6, 6.07) is 14.9. The average molecular weight is 528 g/mol. The van der Waals surface area contributed by atoms with Crippen LogP contribution in [0.2, 0.25) is 15.1 Å². The molecule has 0 saturated carbocycles. The summed E-state index contributed by atoms with van der Waals surface area (Å²) in [5.74, 6) is -0.620. The van der Waals surface area contributed by atoms with Crippen LogP contribution in [-0.4, -0.2) is 11.9 Å². The van der Waals surface area contributed by atoms with E-state index in [9.17, 15) is 9.59 Å². The van der Waals surface area contributed by atoms with Gasteiger partial charge in [-0.15, -0.1) is 0 Å². The zero-order chi connectivity index (χ0) is 21.8. The summed E-state index contributed by atoms with van der Waals surface area (Å²) in [5, 5.41) is 3.76. The molecular weight excluding hydrogens is 513 g/mol. The number of hydrogen-bond acceptors (Lipinski definition) is 3. The summed E-state index contributed by atoms with van der Waals surface area (Å²) in [5.41, 5.74) is 1.87. The molecule has 3 rings (SSSR count). The number of esters is 1. The van der Waals surface area contributed by atoms with Crippen molar-refractivity contribution in [3.63, 3.8) is 0 Å². The lowest BCUT2D eigenvalue weighted by Gasteiger charge is -2.15. The van der Waals surface area contributed by atoms with Crippen molar-refractivity contribution in [2.45, 2.75) is 13.5 Å². The van der Waals surface area contributed by atoms with E-state index in [2.05, 4.69) is 21.2 Å². The maximum absolute atomic E-state index is 12.7. The van der Waals surface area contributed by atoms with Gasteiger partial charge in [0.2, 0.25) is 0 Å². The Kier molecular flexibility index (Phi) is 7.42. The van der Waals surface area contributed by atoms with Crippen LogP contribution in [0.4, 0.5) is 0 Å². The van der Waals surface area contributed by atoms with Gasteiger partial charge in [0, 0.05) is 21.6 Å². The molecule has 0 saturated heterocycles. The lowest BCUT2D eigenvalue weighted by molar-refractivity contribution is 0.0732. The van der Waals surface area contributed by atoms with E-state index in [-0.39, 0.29) is 23.0 Å². The topological polar surface area (TPSA) is 55.4 Å². The molecule has 0 aromatic heterocycles. The third-order valence-corrected chi connectivity index (χ3v) is 5.56. The van der Waals surface area contributed by atoms with E-state index in [1.165, 1.54) is 12.1 Å². The third-order valence-electron chi connectivity index (χ3n) is 4.22. The Morgan fingerprint density at radius 3 is 2.40 bits per heavy atom. The fraction of sp³-hybridized carbons (Fsp3) is 0.0909. The van der Waals surface area contributed by atoms with Crippen molar-refractivity contribution in [1.29, 1.82) is 0 Å². The molecule has 0 aliphatic rings. The third kappa shape index (κ3) is 5.35. The van der Waals surface area contributed by atoms with Crippen LogP contribution in [-0.2, 0) is 6.54 Å². The van der Waals surface area contributed by atoms with E-state index in [0.717, 1.165) is 4.47 Å². The quantitative estimate of drug-likeness (QED) is 0.291. The van der Waals surface area contributed by atoms with Crippen LogP contribution in [0.15, 0.2) is 59.1 Å². The predicted octanol–water partition coefficient (Wildman–Crippen LogP) is 6.87. The summed E-state index contributed by atoms with van der Waals surface area (Å²) >= 11 is 21.5. The Labute approximate surface area is 197 Å². The van der Waals surface area contributed by atoms with Gasteiger partial charge in [-0.25, -0.2) is 4.79 Å². The fourth-order valence-electron chi connectivity index (χ4n) is 2.80. The first kappa shape index (κ1) is 22.6. The van der Waals surface area contributed by atoms with Gasteiger partial charge in [0.05, 0.1) is 21.2 Å². The number of halogens is 4. The van der Waals surface area contributed by atoms with E-state index in [0.29, 0.717) is 32.5 Å². The molecule has 0 aliphatic heterocycles. The van der Waals surface area contributed by atoms with Gasteiger partial charge in [-0.1, -0.05) is 62.9 Å². The van der Waals surface area contributed by atoms with Crippen molar-refractivity contribution in [3.05, 3.63) is 96.4 Å². The second-order valence-corrected chi connectivity index (χ2v) is 8.55. The molecule has 0 spiro atoms. The molecule has 0 fully saturated rings. The van der Waals surface area contributed by atoms with Gasteiger partial charge in [-0.05, 0) is 55.0 Å². The van der Waals surface area contributed by atoms with Gasteiger partial charge >= 0.3 is 5.97 Å². The standard InChI is InChI=1S/C22H15BrCl3NO3/c1-12-8-14(23)9-13(11-27-21(28)16-4-2-3-5-18(16)25)20(12)30-22(29)17-7-6-15(24)10-19(17)26/h2-10H,11H2,1H3,(H,27,28). The van der Waals surface area contributed by atoms with E-state index in [4.69, 9.17) is 39.5 Å². The molecule has 0 bridgehead atoms. The molecule has 0 aliphatic carbocycles. The van der Waals surface area contributed by atoms with Crippen molar-refractivity contribution in [3.8, 4) is 5.75 Å². The smallest absolute Gasteiger partial charge is 0.345 e. The largest absolute Gasteiger partial charge is 0.422 e. The fourth-order valence-corrected chi connectivity index (χ4v) is 4.12. The SMILES string of the molecule is Cc1cc(Br)cc(CNC(=O)c2ccccc2Cl)c1OC(=O)c1ccc(Cl)cc1Cl. The molecule has 30 heavy (non-hydrogen) atoms. The Morgan fingerprint density at radius 2 is 1.70 bits per heavy atom. The van der Waals surface area contributed by atoms with Crippen LogP contribution < -0.4 is 10.1 Å². The molecule has 0 unspecified atom stereocenters. The molecule has 0 radical (unpaired) electrons. The summed E-state index contributed by atoms with van der Waals surface area (Å²) in [6.45, 7) is 1.93. The number of carbonyl (C=O) groups is 2. The zero-order valence-electron chi connectivity index (χ0n) is 15.6. The van der Waals surface area contributed by atoms with Crippen molar-refractivity contribution in [2.75, 3.05) is 0 Å². The van der Waals surface area contributed by atoms with Crippen molar-refractivity contribution >= 4 is 62.6 Å². The molecular formula is C22H15BrCl3NO3. The minimum Gasteiger partial charge on any atom is -0.422 e. The molecule has 3 aromatic rings. The lowest BCUT2D eigenvalue weighted by Crippen LogP contribution is -2.24. The predicted molar refractivity (Wildman–Crippen MR) is 123 cm³/mol. The Balaban J connectivity index is 1.84. The molecule has 0 atom stereocenters. The highest BCUT2D eigenvalue weighted by Crippen LogP contribution is 2.30. The van der Waals surface area contributed by atoms with E-state index in [1.807, 2.05) is 6.07 Å². The van der Waals surface area contributed by atoms with Gasteiger partial charge in [0.1, 0.15) is 5.75 Å². The number of rotatable bonds is 5. The van der Waals surface area contributed by atoms with Gasteiger partial charge in [-0.3, -0.25) is 4.79 Å². The minimum atomic E-state index is -0.624. The Morgan fingerprint density at radius 1 is 0.967 bits per heavy atom. The zero-order valence-corrected chi connectivity index (χ0v) is 19.5. The summed E-state index contributed by atoms with van der Waals surface area (Å²) in [7, 11) is 0. The number of nitrogens with one attached hydrogen (secondary N) is 1. The Hall–Kier alpha value is -2.05. The van der Waals surface area contributed by atoms with Crippen molar-refractivity contribution < 1.29 is 14.3 Å². The van der Waals surface area contributed by atoms with Crippen LogP contribution in [0.25, 0.3) is 0 Å². The van der Waals surface area contributed by atoms with Gasteiger partial charge < -0.3 is 10.1 Å². The highest BCUT2D eigenvalue weighted by atomic mass is 79.9. The van der Waals surface area contributed by atoms with Crippen molar-refractivity contribution in [2.24, 2.45) is 0 Å². The number of benzene rings is 3. The van der Waals surface area contributed by atoms with Crippen molar-refractivity contribution in [1.82, 2.24) is 5.32 Å². The van der Waals surface area contributed by atoms with Crippen LogP contribution in [0.5, 0.6) is 5.75 Å². The lowest BCUT2D eigenvalue weighted by atomic mass is 10.1. The number of amides is 1. The monoisotopic (exact) mass is 525 g/mol. The van der Waals surface area contributed by atoms with Gasteiger partial charge in [0.15, 0.2) is 0 Å². The number of carbonyl (C=O) groups excluding carboxylic acids is 2. The number of ether oxygens (including phenoxy) is 1. The normalized spacial score (nSPS) is 10.6. The van der Waals surface area contributed by atoms with Gasteiger partial charge in [0.25, 0.3) is 5.91 Å². The maximum atomic E-state index is 12.7. The van der Waals surface area contributed by atoms with Crippen LogP contribution in [0.1, 0.15) is 31.8 Å². The molecule has 0 heterocycles. The first-order valence-electron chi connectivity index (χ1n) is 8.75. The average Bonchev–Trinajstić information content (AvgIpc) is 2.68. The number of aryl methyl sites for hydroxylation is 1. The summed E-state index contributed by atoms with van der Waals surface area (Å²) in [6.07, 6.45) is 0. The molecule has 1 amide bonds. The summed E-state index contributed by atoms with van der Waals surface area (Å²) < 4.78 is 6.42. The molecule has 4 nitrogen and oxygen atoms in total. The summed E-state index contributed by atoms with van der Waals surface area (Å²) in [4.78, 5) is 25.2. The van der Waals surface area contributed by atoms with Crippen LogP contribution in [0, 0.1) is 6.92 Å². The van der Waals surface area contributed by atoms with Crippen LogP contribution >= 0.6 is 50.7 Å². The van der Waals surface area contributed by atoms with Gasteiger partial charge in [-0.2, -0.15) is 0 Å². The van der Waals surface area contributed by atoms with Crippen LogP contribution in [0.3, 0.4) is 0 Å². The Bertz CT molecular complexity index is 1130. The minimum absolute atomic E-state index is 0.126. The molecule has 3 aromatic carbocycles.